The van der Waals surface area contributed by atoms with Crippen molar-refractivity contribution in [3.63, 3.8) is 0 Å². The summed E-state index contributed by atoms with van der Waals surface area (Å²) < 4.78 is 11.5. The normalized spacial score (nSPS) is 11.1. The highest BCUT2D eigenvalue weighted by Gasteiger charge is 2.29. The molecule has 3 aromatic rings. The van der Waals surface area contributed by atoms with Crippen LogP contribution in [-0.4, -0.2) is 11.1 Å². The molecule has 5 rings (SSSR count). The van der Waals surface area contributed by atoms with E-state index in [1.54, 1.807) is 18.2 Å². The summed E-state index contributed by atoms with van der Waals surface area (Å²) in [7, 11) is 0. The molecular formula is C29H24N4O5. The molecule has 190 valence electrons. The van der Waals surface area contributed by atoms with Crippen LogP contribution in [0.1, 0.15) is 21.5 Å². The number of hydrogen-bond donors (Lipinski definition) is 5. The number of esters is 1. The number of phenols is 1. The molecule has 0 saturated heterocycles. The smallest absolute Gasteiger partial charge is 0.341 e. The lowest BCUT2D eigenvalue weighted by atomic mass is 9.87. The minimum absolute atomic E-state index is 0.00428. The molecule has 1 aliphatic carbocycles. The summed E-state index contributed by atoms with van der Waals surface area (Å²) in [6.07, 6.45) is 1.71. The van der Waals surface area contributed by atoms with Crippen LogP contribution >= 0.6 is 0 Å². The zero-order valence-corrected chi connectivity index (χ0v) is 20.2. The van der Waals surface area contributed by atoms with Gasteiger partial charge in [0.15, 0.2) is 5.43 Å². The van der Waals surface area contributed by atoms with E-state index in [1.165, 1.54) is 24.3 Å². The predicted octanol–water partition coefficient (Wildman–Crippen LogP) is 4.60. The molecule has 0 amide bonds. The Morgan fingerprint density at radius 3 is 2.32 bits per heavy atom. The maximum absolute atomic E-state index is 13.6. The molecule has 0 spiro atoms. The lowest BCUT2D eigenvalue weighted by molar-refractivity contribution is 0.0475. The quantitative estimate of drug-likeness (QED) is 0.129. The van der Waals surface area contributed by atoms with E-state index >= 15 is 0 Å². The van der Waals surface area contributed by atoms with Crippen molar-refractivity contribution >= 4 is 45.8 Å². The van der Waals surface area contributed by atoms with E-state index < -0.39 is 5.97 Å². The molecule has 0 fully saturated rings. The summed E-state index contributed by atoms with van der Waals surface area (Å²) in [5.41, 5.74) is 27.6. The van der Waals surface area contributed by atoms with Crippen molar-refractivity contribution in [3.8, 4) is 28.2 Å². The summed E-state index contributed by atoms with van der Waals surface area (Å²) in [5, 5.41) is 10.6. The van der Waals surface area contributed by atoms with E-state index in [-0.39, 0.29) is 63.0 Å². The van der Waals surface area contributed by atoms with Gasteiger partial charge in [-0.15, -0.1) is 0 Å². The van der Waals surface area contributed by atoms with Crippen LogP contribution in [0.2, 0.25) is 0 Å². The van der Waals surface area contributed by atoms with Crippen LogP contribution in [0.4, 0.5) is 22.7 Å². The molecule has 3 aromatic carbocycles. The molecule has 0 atom stereocenters. The van der Waals surface area contributed by atoms with Gasteiger partial charge in [0.1, 0.15) is 23.7 Å². The number of ether oxygens (including phenoxy) is 1. The minimum Gasteiger partial charge on any atom is -0.508 e. The maximum Gasteiger partial charge on any atom is 0.341 e. The molecule has 9 N–H and O–H groups in total. The fraction of sp³-hybridized carbons (Fsp3) is 0.0345. The average molecular weight is 509 g/mol. The molecule has 1 aliphatic heterocycles. The second-order valence-electron chi connectivity index (χ2n) is 8.74. The van der Waals surface area contributed by atoms with E-state index in [2.05, 4.69) is 6.58 Å². The molecule has 38 heavy (non-hydrogen) atoms. The fourth-order valence-electron chi connectivity index (χ4n) is 4.40. The van der Waals surface area contributed by atoms with E-state index in [0.29, 0.717) is 16.5 Å². The van der Waals surface area contributed by atoms with E-state index in [1.807, 2.05) is 24.3 Å². The number of carbonyl (C=O) groups excluding carboxylic acids is 1. The van der Waals surface area contributed by atoms with Gasteiger partial charge in [0, 0.05) is 34.2 Å². The number of nitrogens with two attached hydrogens (primary N) is 4. The Balaban J connectivity index is 1.76. The van der Waals surface area contributed by atoms with Crippen LogP contribution in [0.3, 0.4) is 0 Å². The van der Waals surface area contributed by atoms with Gasteiger partial charge in [-0.1, -0.05) is 36.9 Å². The monoisotopic (exact) mass is 508 g/mol. The third kappa shape index (κ3) is 4.01. The molecule has 2 aliphatic rings. The number of anilines is 4. The van der Waals surface area contributed by atoms with Crippen molar-refractivity contribution in [2.45, 2.75) is 6.61 Å². The summed E-state index contributed by atoms with van der Waals surface area (Å²) in [6.45, 7) is 3.68. The zero-order chi connectivity index (χ0) is 27.1. The Bertz CT molecular complexity index is 1770. The van der Waals surface area contributed by atoms with Gasteiger partial charge in [0.05, 0.1) is 28.3 Å². The van der Waals surface area contributed by atoms with Crippen LogP contribution in [0.5, 0.6) is 5.75 Å². The highest BCUT2D eigenvalue weighted by molar-refractivity contribution is 6.17. The van der Waals surface area contributed by atoms with Gasteiger partial charge in [-0.2, -0.15) is 0 Å². The zero-order valence-electron chi connectivity index (χ0n) is 20.2. The first-order chi connectivity index (χ1) is 18.2. The number of aromatic hydroxyl groups is 1. The van der Waals surface area contributed by atoms with E-state index in [4.69, 9.17) is 32.1 Å². The van der Waals surface area contributed by atoms with Crippen molar-refractivity contribution in [3.05, 3.63) is 94.2 Å². The summed E-state index contributed by atoms with van der Waals surface area (Å²) in [4.78, 5) is 25.7. The van der Waals surface area contributed by atoms with Gasteiger partial charge in [0.25, 0.3) is 0 Å². The predicted molar refractivity (Wildman–Crippen MR) is 150 cm³/mol. The van der Waals surface area contributed by atoms with Gasteiger partial charge in [-0.3, -0.25) is 4.79 Å². The largest absolute Gasteiger partial charge is 0.508 e. The van der Waals surface area contributed by atoms with Gasteiger partial charge >= 0.3 is 5.97 Å². The van der Waals surface area contributed by atoms with Gasteiger partial charge < -0.3 is 37.2 Å². The topological polar surface area (TPSA) is 181 Å². The SMILES string of the molecule is C=Cc1ccc(COC(=O)c2c(N)c(N)c(N)c(N)c2-c2c3ccc(=O)cc-3oc3cc(O)ccc23)cc1. The first kappa shape index (κ1) is 24.3. The van der Waals surface area contributed by atoms with Crippen molar-refractivity contribution in [2.75, 3.05) is 22.9 Å². The number of carbonyl (C=O) groups is 1. The summed E-state index contributed by atoms with van der Waals surface area (Å²) in [6, 6.07) is 16.0. The first-order valence-electron chi connectivity index (χ1n) is 11.5. The third-order valence-electron chi connectivity index (χ3n) is 6.38. The molecule has 9 nitrogen and oxygen atoms in total. The van der Waals surface area contributed by atoms with Gasteiger partial charge in [-0.05, 0) is 35.4 Å². The lowest BCUT2D eigenvalue weighted by Gasteiger charge is -2.22. The van der Waals surface area contributed by atoms with Crippen molar-refractivity contribution in [1.82, 2.24) is 0 Å². The Hall–Kier alpha value is -5.44. The van der Waals surface area contributed by atoms with Gasteiger partial charge in [-0.25, -0.2) is 4.79 Å². The molecule has 0 aromatic heterocycles. The van der Waals surface area contributed by atoms with Gasteiger partial charge in [0.2, 0.25) is 0 Å². The second kappa shape index (κ2) is 9.21. The van der Waals surface area contributed by atoms with Crippen LogP contribution < -0.4 is 28.4 Å². The molecule has 1 heterocycles. The van der Waals surface area contributed by atoms with Crippen LogP contribution in [-0.2, 0) is 11.3 Å². The molecule has 9 heteroatoms. The van der Waals surface area contributed by atoms with Crippen molar-refractivity contribution < 1.29 is 19.1 Å². The number of nitrogen functional groups attached to an aromatic ring is 4. The standard InChI is InChI=1S/C29H24N4O5/c1-2-14-3-5-15(6-4-14)13-37-29(36)24-23(25(30)27(32)28(33)26(24)31)22-18-9-7-16(34)11-20(18)38-21-12-17(35)8-10-19(21)22/h2-12,34H,1,13,30-33H2. The highest BCUT2D eigenvalue weighted by atomic mass is 16.5. The summed E-state index contributed by atoms with van der Waals surface area (Å²) in [5.74, 6) is -0.623. The second-order valence-corrected chi connectivity index (χ2v) is 8.74. The Morgan fingerprint density at radius 2 is 1.61 bits per heavy atom. The molecule has 0 saturated carbocycles. The van der Waals surface area contributed by atoms with Crippen molar-refractivity contribution in [2.24, 2.45) is 0 Å². The Kier molecular flexibility index (Phi) is 5.88. The lowest BCUT2D eigenvalue weighted by Crippen LogP contribution is -2.16. The Morgan fingerprint density at radius 1 is 0.895 bits per heavy atom. The van der Waals surface area contributed by atoms with Crippen LogP contribution in [0, 0.1) is 0 Å². The molecule has 0 unspecified atom stereocenters. The van der Waals surface area contributed by atoms with Crippen molar-refractivity contribution in [1.29, 1.82) is 0 Å². The molecule has 0 bridgehead atoms. The van der Waals surface area contributed by atoms with E-state index in [9.17, 15) is 14.7 Å². The summed E-state index contributed by atoms with van der Waals surface area (Å²) >= 11 is 0. The number of benzene rings is 4. The highest BCUT2D eigenvalue weighted by Crippen LogP contribution is 2.49. The maximum atomic E-state index is 13.6. The third-order valence-corrected chi connectivity index (χ3v) is 6.38. The molecule has 0 radical (unpaired) electrons. The van der Waals surface area contributed by atoms with Crippen LogP contribution in [0.25, 0.3) is 39.5 Å². The number of rotatable bonds is 5. The van der Waals surface area contributed by atoms with Crippen LogP contribution in [0.15, 0.2) is 76.5 Å². The number of hydrogen-bond acceptors (Lipinski definition) is 9. The molecular weight excluding hydrogens is 484 g/mol. The minimum atomic E-state index is -0.773. The average Bonchev–Trinajstić information content (AvgIpc) is 2.91. The Labute approximate surface area is 216 Å². The first-order valence-corrected chi connectivity index (χ1v) is 11.5. The van der Waals surface area contributed by atoms with E-state index in [0.717, 1.165) is 11.1 Å². The number of phenolic OH excluding ortho intramolecular Hbond substituents is 1. The fourth-order valence-corrected chi connectivity index (χ4v) is 4.40. The number of fused-ring (bicyclic) bond motifs is 2.